The second kappa shape index (κ2) is 4.67. The van der Waals surface area contributed by atoms with E-state index in [0.29, 0.717) is 22.7 Å². The molecule has 4 heteroatoms. The SMILES string of the molecule is Fc1cc(Cl)cc(OCCBr)c1. The zero-order chi connectivity index (χ0) is 8.97. The van der Waals surface area contributed by atoms with Crippen LogP contribution in [0.1, 0.15) is 0 Å². The average molecular weight is 253 g/mol. The van der Waals surface area contributed by atoms with E-state index in [0.717, 1.165) is 0 Å². The third-order valence-electron chi connectivity index (χ3n) is 1.18. The fourth-order valence-corrected chi connectivity index (χ4v) is 1.14. The Labute approximate surface area is 83.6 Å². The molecule has 0 amide bonds. The number of rotatable bonds is 3. The number of hydrogen-bond donors (Lipinski definition) is 0. The van der Waals surface area contributed by atoms with Gasteiger partial charge in [0.25, 0.3) is 0 Å². The van der Waals surface area contributed by atoms with Crippen molar-refractivity contribution < 1.29 is 9.13 Å². The number of ether oxygens (including phenoxy) is 1. The van der Waals surface area contributed by atoms with Crippen molar-refractivity contribution in [2.75, 3.05) is 11.9 Å². The van der Waals surface area contributed by atoms with Crippen LogP contribution in [0.25, 0.3) is 0 Å². The van der Waals surface area contributed by atoms with E-state index in [2.05, 4.69) is 15.9 Å². The minimum atomic E-state index is -0.382. The lowest BCUT2D eigenvalue weighted by molar-refractivity contribution is 0.343. The van der Waals surface area contributed by atoms with Crippen molar-refractivity contribution in [2.24, 2.45) is 0 Å². The Morgan fingerprint density at radius 3 is 2.75 bits per heavy atom. The van der Waals surface area contributed by atoms with Crippen molar-refractivity contribution in [1.82, 2.24) is 0 Å². The monoisotopic (exact) mass is 252 g/mol. The Bertz CT molecular complexity index is 247. The number of hydrogen-bond acceptors (Lipinski definition) is 1. The van der Waals surface area contributed by atoms with Gasteiger partial charge in [0.1, 0.15) is 11.6 Å². The maximum atomic E-state index is 12.7. The number of benzene rings is 1. The van der Waals surface area contributed by atoms with Gasteiger partial charge in [0, 0.05) is 16.4 Å². The summed E-state index contributed by atoms with van der Waals surface area (Å²) < 4.78 is 17.8. The Morgan fingerprint density at radius 2 is 2.17 bits per heavy atom. The number of halogens is 3. The highest BCUT2D eigenvalue weighted by molar-refractivity contribution is 9.09. The van der Waals surface area contributed by atoms with Gasteiger partial charge in [-0.05, 0) is 12.1 Å². The van der Waals surface area contributed by atoms with Gasteiger partial charge in [-0.3, -0.25) is 0 Å². The fraction of sp³-hybridized carbons (Fsp3) is 0.250. The minimum absolute atomic E-state index is 0.347. The normalized spacial score (nSPS) is 9.92. The van der Waals surface area contributed by atoms with E-state index in [1.165, 1.54) is 12.1 Å². The van der Waals surface area contributed by atoms with Gasteiger partial charge in [-0.25, -0.2) is 4.39 Å². The van der Waals surface area contributed by atoms with Crippen molar-refractivity contribution in [2.45, 2.75) is 0 Å². The third kappa shape index (κ3) is 2.99. The van der Waals surface area contributed by atoms with E-state index in [4.69, 9.17) is 16.3 Å². The van der Waals surface area contributed by atoms with E-state index in [1.54, 1.807) is 6.07 Å². The maximum Gasteiger partial charge on any atom is 0.128 e. The lowest BCUT2D eigenvalue weighted by atomic mass is 10.3. The highest BCUT2D eigenvalue weighted by atomic mass is 79.9. The summed E-state index contributed by atoms with van der Waals surface area (Å²) in [7, 11) is 0. The Balaban J connectivity index is 2.72. The quantitative estimate of drug-likeness (QED) is 0.751. The molecule has 12 heavy (non-hydrogen) atoms. The zero-order valence-corrected chi connectivity index (χ0v) is 8.53. The summed E-state index contributed by atoms with van der Waals surface area (Å²) in [5.41, 5.74) is 0. The van der Waals surface area contributed by atoms with Gasteiger partial charge in [-0.15, -0.1) is 0 Å². The summed E-state index contributed by atoms with van der Waals surface area (Å²) in [4.78, 5) is 0. The van der Waals surface area contributed by atoms with Gasteiger partial charge >= 0.3 is 0 Å². The largest absolute Gasteiger partial charge is 0.493 e. The smallest absolute Gasteiger partial charge is 0.128 e. The first-order chi connectivity index (χ1) is 5.72. The lowest BCUT2D eigenvalue weighted by Gasteiger charge is -2.03. The first-order valence-electron chi connectivity index (χ1n) is 3.37. The molecule has 0 aliphatic carbocycles. The van der Waals surface area contributed by atoms with Crippen LogP contribution in [0.5, 0.6) is 5.75 Å². The van der Waals surface area contributed by atoms with Crippen LogP contribution in [-0.4, -0.2) is 11.9 Å². The molecule has 0 saturated heterocycles. The first kappa shape index (κ1) is 9.81. The minimum Gasteiger partial charge on any atom is -0.493 e. The molecule has 0 bridgehead atoms. The average Bonchev–Trinajstić information content (AvgIpc) is 1.99. The van der Waals surface area contributed by atoms with Crippen molar-refractivity contribution in [3.63, 3.8) is 0 Å². The molecule has 66 valence electrons. The van der Waals surface area contributed by atoms with Crippen LogP contribution in [0.3, 0.4) is 0 Å². The molecule has 1 aromatic carbocycles. The van der Waals surface area contributed by atoms with Gasteiger partial charge in [0.15, 0.2) is 0 Å². The molecule has 1 aromatic rings. The summed E-state index contributed by atoms with van der Waals surface area (Å²) in [5.74, 6) is 0.0755. The Kier molecular flexibility index (Phi) is 3.82. The molecule has 0 N–H and O–H groups in total. The molecule has 0 spiro atoms. The molecule has 1 nitrogen and oxygen atoms in total. The molecule has 0 saturated carbocycles. The van der Waals surface area contributed by atoms with Crippen LogP contribution in [0.2, 0.25) is 5.02 Å². The molecular weight excluding hydrogens is 246 g/mol. The summed E-state index contributed by atoms with van der Waals surface area (Å²) >= 11 is 8.79. The molecule has 0 aliphatic heterocycles. The first-order valence-corrected chi connectivity index (χ1v) is 4.87. The van der Waals surface area contributed by atoms with Gasteiger partial charge in [-0.1, -0.05) is 27.5 Å². The van der Waals surface area contributed by atoms with Gasteiger partial charge in [0.05, 0.1) is 6.61 Å². The molecule has 0 radical (unpaired) electrons. The van der Waals surface area contributed by atoms with E-state index in [-0.39, 0.29) is 5.82 Å². The van der Waals surface area contributed by atoms with Gasteiger partial charge in [-0.2, -0.15) is 0 Å². The second-order valence-electron chi connectivity index (χ2n) is 2.14. The van der Waals surface area contributed by atoms with Crippen LogP contribution < -0.4 is 4.74 Å². The van der Waals surface area contributed by atoms with E-state index in [1.807, 2.05) is 0 Å². The second-order valence-corrected chi connectivity index (χ2v) is 3.37. The van der Waals surface area contributed by atoms with Crippen molar-refractivity contribution in [3.8, 4) is 5.75 Å². The molecule has 0 heterocycles. The highest BCUT2D eigenvalue weighted by Gasteiger charge is 1.98. The zero-order valence-electron chi connectivity index (χ0n) is 6.19. The molecule has 0 atom stereocenters. The fourth-order valence-electron chi connectivity index (χ4n) is 0.768. The van der Waals surface area contributed by atoms with Crippen LogP contribution in [0, 0.1) is 5.82 Å². The molecule has 0 aliphatic rings. The lowest BCUT2D eigenvalue weighted by Crippen LogP contribution is -1.97. The van der Waals surface area contributed by atoms with Gasteiger partial charge < -0.3 is 4.74 Å². The number of alkyl halides is 1. The van der Waals surface area contributed by atoms with Crippen molar-refractivity contribution in [3.05, 3.63) is 29.0 Å². The van der Waals surface area contributed by atoms with Crippen molar-refractivity contribution >= 4 is 27.5 Å². The molecule has 1 rings (SSSR count). The Hall–Kier alpha value is -0.280. The maximum absolute atomic E-state index is 12.7. The Morgan fingerprint density at radius 1 is 1.42 bits per heavy atom. The van der Waals surface area contributed by atoms with Crippen molar-refractivity contribution in [1.29, 1.82) is 0 Å². The summed E-state index contributed by atoms with van der Waals surface area (Å²) in [6, 6.07) is 4.12. The summed E-state index contributed by atoms with van der Waals surface area (Å²) in [6.45, 7) is 0.500. The predicted molar refractivity (Wildman–Crippen MR) is 50.7 cm³/mol. The molecule has 0 unspecified atom stereocenters. The summed E-state index contributed by atoms with van der Waals surface area (Å²) in [5, 5.41) is 1.06. The van der Waals surface area contributed by atoms with Gasteiger partial charge in [0.2, 0.25) is 0 Å². The van der Waals surface area contributed by atoms with E-state index in [9.17, 15) is 4.39 Å². The van der Waals surface area contributed by atoms with E-state index >= 15 is 0 Å². The third-order valence-corrected chi connectivity index (χ3v) is 1.72. The van der Waals surface area contributed by atoms with Crippen LogP contribution >= 0.6 is 27.5 Å². The molecular formula is C8H7BrClFO. The highest BCUT2D eigenvalue weighted by Crippen LogP contribution is 2.19. The molecule has 0 fully saturated rings. The van der Waals surface area contributed by atoms with Crippen LogP contribution in [-0.2, 0) is 0 Å². The predicted octanol–water partition coefficient (Wildman–Crippen LogP) is 3.25. The topological polar surface area (TPSA) is 9.23 Å². The summed E-state index contributed by atoms with van der Waals surface area (Å²) in [6.07, 6.45) is 0. The molecule has 0 aromatic heterocycles. The van der Waals surface area contributed by atoms with Crippen LogP contribution in [0.15, 0.2) is 18.2 Å². The van der Waals surface area contributed by atoms with E-state index < -0.39 is 0 Å². The standard InChI is InChI=1S/C8H7BrClFO/c9-1-2-12-8-4-6(10)3-7(11)5-8/h3-5H,1-2H2. The van der Waals surface area contributed by atoms with Crippen LogP contribution in [0.4, 0.5) is 4.39 Å².